The molecular formula is C25H30N2O5. The quantitative estimate of drug-likeness (QED) is 0.557. The second-order valence-electron chi connectivity index (χ2n) is 8.28. The van der Waals surface area contributed by atoms with Crippen LogP contribution in [0.1, 0.15) is 53.5 Å². The molecule has 1 unspecified atom stereocenters. The topological polar surface area (TPSA) is 76.2 Å². The van der Waals surface area contributed by atoms with Crippen LogP contribution in [0.4, 0.5) is 0 Å². The first-order chi connectivity index (χ1) is 15.3. The molecule has 0 aliphatic carbocycles. The Balaban J connectivity index is 1.84. The maximum Gasteiger partial charge on any atom is 0.262 e. The summed E-state index contributed by atoms with van der Waals surface area (Å²) in [4.78, 5) is 42.1. The Morgan fingerprint density at radius 1 is 1.03 bits per heavy atom. The van der Waals surface area contributed by atoms with Gasteiger partial charge in [-0.05, 0) is 49.1 Å². The Hall–Kier alpha value is -3.35. The third-order valence-electron chi connectivity index (χ3n) is 5.44. The van der Waals surface area contributed by atoms with E-state index in [-0.39, 0.29) is 11.8 Å². The predicted molar refractivity (Wildman–Crippen MR) is 121 cm³/mol. The van der Waals surface area contributed by atoms with Gasteiger partial charge in [0.1, 0.15) is 6.04 Å². The number of rotatable bonds is 9. The first kappa shape index (κ1) is 23.3. The van der Waals surface area contributed by atoms with E-state index in [0.29, 0.717) is 42.2 Å². The number of hydrogen-bond donors (Lipinski definition) is 0. The van der Waals surface area contributed by atoms with Crippen LogP contribution in [0, 0.1) is 5.92 Å². The largest absolute Gasteiger partial charge is 0.493 e. The minimum absolute atomic E-state index is 0.118. The molecule has 3 rings (SSSR count). The monoisotopic (exact) mass is 438 g/mol. The Labute approximate surface area is 188 Å². The van der Waals surface area contributed by atoms with E-state index in [9.17, 15) is 14.4 Å². The highest BCUT2D eigenvalue weighted by Gasteiger charge is 2.43. The normalized spacial score (nSPS) is 13.9. The van der Waals surface area contributed by atoms with E-state index in [1.54, 1.807) is 43.3 Å². The van der Waals surface area contributed by atoms with E-state index in [0.717, 1.165) is 10.5 Å². The molecule has 3 amide bonds. The number of carbonyl (C=O) groups is 3. The summed E-state index contributed by atoms with van der Waals surface area (Å²) < 4.78 is 11.0. The Morgan fingerprint density at radius 2 is 1.66 bits per heavy atom. The van der Waals surface area contributed by atoms with Crippen molar-refractivity contribution in [2.45, 2.75) is 39.8 Å². The summed E-state index contributed by atoms with van der Waals surface area (Å²) in [5.41, 5.74) is 1.54. The lowest BCUT2D eigenvalue weighted by molar-refractivity contribution is -0.135. The Kier molecular flexibility index (Phi) is 7.18. The number of ether oxygens (including phenoxy) is 2. The molecule has 0 bridgehead atoms. The van der Waals surface area contributed by atoms with Crippen LogP contribution in [-0.4, -0.2) is 54.3 Å². The number of nitrogens with zero attached hydrogens (tertiary/aromatic N) is 2. The summed E-state index contributed by atoms with van der Waals surface area (Å²) in [6, 6.07) is 11.3. The first-order valence-electron chi connectivity index (χ1n) is 10.8. The molecule has 0 fully saturated rings. The summed E-state index contributed by atoms with van der Waals surface area (Å²) in [5, 5.41) is 0. The van der Waals surface area contributed by atoms with Crippen molar-refractivity contribution in [3.8, 4) is 11.5 Å². The summed E-state index contributed by atoms with van der Waals surface area (Å²) in [5.74, 6) is 0.232. The van der Waals surface area contributed by atoms with E-state index >= 15 is 0 Å². The highest BCUT2D eigenvalue weighted by Crippen LogP contribution is 2.30. The Bertz CT molecular complexity index is 982. The number of hydrogen-bond acceptors (Lipinski definition) is 5. The molecule has 0 radical (unpaired) electrons. The number of imide groups is 1. The molecule has 2 aromatic rings. The SMILES string of the molecule is CCOc1ccc(CN(C)C(=O)C(CC(C)C)N2C(=O)c3ccccc3C2=O)cc1OC. The third kappa shape index (κ3) is 4.61. The maximum atomic E-state index is 13.5. The minimum Gasteiger partial charge on any atom is -0.493 e. The second-order valence-corrected chi connectivity index (χ2v) is 8.28. The number of methoxy groups -OCH3 is 1. The van der Waals surface area contributed by atoms with Gasteiger partial charge in [-0.2, -0.15) is 0 Å². The second kappa shape index (κ2) is 9.85. The Morgan fingerprint density at radius 3 is 2.19 bits per heavy atom. The average Bonchev–Trinajstić information content (AvgIpc) is 3.03. The van der Waals surface area contributed by atoms with Gasteiger partial charge in [0.05, 0.1) is 24.8 Å². The van der Waals surface area contributed by atoms with E-state index in [4.69, 9.17) is 9.47 Å². The molecule has 0 saturated carbocycles. The zero-order valence-electron chi connectivity index (χ0n) is 19.3. The predicted octanol–water partition coefficient (Wildman–Crippen LogP) is 3.76. The number of likely N-dealkylation sites (N-methyl/N-ethyl adjacent to an activating group) is 1. The smallest absolute Gasteiger partial charge is 0.262 e. The number of carbonyl (C=O) groups excluding carboxylic acids is 3. The third-order valence-corrected chi connectivity index (χ3v) is 5.44. The van der Waals surface area contributed by atoms with Crippen molar-refractivity contribution in [2.75, 3.05) is 20.8 Å². The van der Waals surface area contributed by atoms with Gasteiger partial charge in [0, 0.05) is 13.6 Å². The summed E-state index contributed by atoms with van der Waals surface area (Å²) >= 11 is 0. The lowest BCUT2D eigenvalue weighted by atomic mass is 10.0. The van der Waals surface area contributed by atoms with Gasteiger partial charge in [-0.25, -0.2) is 0 Å². The van der Waals surface area contributed by atoms with Gasteiger partial charge in [0.15, 0.2) is 11.5 Å². The molecule has 1 atom stereocenters. The standard InChI is InChI=1S/C25H30N2O5/c1-6-32-21-12-11-17(14-22(21)31-5)15-26(4)25(30)20(13-16(2)3)27-23(28)18-9-7-8-10-19(18)24(27)29/h7-12,14,16,20H,6,13,15H2,1-5H3. The first-order valence-corrected chi connectivity index (χ1v) is 10.8. The van der Waals surface area contributed by atoms with Crippen LogP contribution in [-0.2, 0) is 11.3 Å². The molecule has 0 N–H and O–H groups in total. The molecule has 0 saturated heterocycles. The van der Waals surface area contributed by atoms with Gasteiger partial charge in [0.25, 0.3) is 11.8 Å². The zero-order valence-corrected chi connectivity index (χ0v) is 19.3. The lowest BCUT2D eigenvalue weighted by Crippen LogP contribution is -2.50. The van der Waals surface area contributed by atoms with Crippen LogP contribution in [0.5, 0.6) is 11.5 Å². The molecule has 32 heavy (non-hydrogen) atoms. The van der Waals surface area contributed by atoms with Crippen molar-refractivity contribution in [2.24, 2.45) is 5.92 Å². The van der Waals surface area contributed by atoms with Gasteiger partial charge in [-0.1, -0.05) is 32.0 Å². The van der Waals surface area contributed by atoms with Crippen LogP contribution in [0.2, 0.25) is 0 Å². The fraction of sp³-hybridized carbons (Fsp3) is 0.400. The number of fused-ring (bicyclic) bond motifs is 1. The zero-order chi connectivity index (χ0) is 23.4. The van der Waals surface area contributed by atoms with Crippen molar-refractivity contribution in [1.82, 2.24) is 9.80 Å². The molecular weight excluding hydrogens is 408 g/mol. The van der Waals surface area contributed by atoms with E-state index in [2.05, 4.69) is 0 Å². The fourth-order valence-electron chi connectivity index (χ4n) is 3.95. The van der Waals surface area contributed by atoms with E-state index < -0.39 is 17.9 Å². The van der Waals surface area contributed by atoms with Crippen molar-refractivity contribution < 1.29 is 23.9 Å². The molecule has 170 valence electrons. The van der Waals surface area contributed by atoms with Crippen LogP contribution in [0.25, 0.3) is 0 Å². The number of benzene rings is 2. The summed E-state index contributed by atoms with van der Waals surface area (Å²) in [7, 11) is 3.24. The van der Waals surface area contributed by atoms with Crippen molar-refractivity contribution in [3.05, 3.63) is 59.2 Å². The molecule has 1 aliphatic heterocycles. The van der Waals surface area contributed by atoms with Crippen LogP contribution in [0.15, 0.2) is 42.5 Å². The molecule has 7 nitrogen and oxygen atoms in total. The molecule has 1 aliphatic rings. The van der Waals surface area contributed by atoms with Gasteiger partial charge < -0.3 is 14.4 Å². The number of amides is 3. The summed E-state index contributed by atoms with van der Waals surface area (Å²) in [6.45, 7) is 6.66. The molecule has 0 spiro atoms. The van der Waals surface area contributed by atoms with Crippen molar-refractivity contribution in [1.29, 1.82) is 0 Å². The highest BCUT2D eigenvalue weighted by atomic mass is 16.5. The van der Waals surface area contributed by atoms with Gasteiger partial charge in [-0.15, -0.1) is 0 Å². The van der Waals surface area contributed by atoms with Crippen molar-refractivity contribution in [3.63, 3.8) is 0 Å². The van der Waals surface area contributed by atoms with Crippen LogP contribution < -0.4 is 9.47 Å². The highest BCUT2D eigenvalue weighted by molar-refractivity contribution is 6.22. The summed E-state index contributed by atoms with van der Waals surface area (Å²) in [6.07, 6.45) is 0.390. The molecule has 2 aromatic carbocycles. The van der Waals surface area contributed by atoms with E-state index in [1.807, 2.05) is 39.0 Å². The van der Waals surface area contributed by atoms with E-state index in [1.165, 1.54) is 0 Å². The van der Waals surface area contributed by atoms with Gasteiger partial charge in [-0.3, -0.25) is 19.3 Å². The maximum absolute atomic E-state index is 13.5. The van der Waals surface area contributed by atoms with Gasteiger partial charge in [0.2, 0.25) is 5.91 Å². The van der Waals surface area contributed by atoms with Crippen LogP contribution >= 0.6 is 0 Å². The van der Waals surface area contributed by atoms with Crippen LogP contribution in [0.3, 0.4) is 0 Å². The average molecular weight is 439 g/mol. The van der Waals surface area contributed by atoms with Crippen molar-refractivity contribution >= 4 is 17.7 Å². The molecule has 7 heteroatoms. The lowest BCUT2D eigenvalue weighted by Gasteiger charge is -2.30. The molecule has 1 heterocycles. The van der Waals surface area contributed by atoms with Gasteiger partial charge >= 0.3 is 0 Å². The molecule has 0 aromatic heterocycles. The minimum atomic E-state index is -0.864. The fourth-order valence-corrected chi connectivity index (χ4v) is 3.95.